The maximum atomic E-state index is 5.67. The standard InChI is InChI=1S/C9H12N6O/c1-6-14-8(15-16-6)2-3-12-9-7(10)4-11-5-13-9/h4-5H,2-3,10H2,1H3,(H,11,12,13). The van der Waals surface area contributed by atoms with Crippen molar-refractivity contribution in [3.63, 3.8) is 0 Å². The number of aromatic nitrogens is 4. The highest BCUT2D eigenvalue weighted by Gasteiger charge is 2.03. The van der Waals surface area contributed by atoms with E-state index in [4.69, 9.17) is 10.3 Å². The Labute approximate surface area is 92.1 Å². The van der Waals surface area contributed by atoms with E-state index in [1.54, 1.807) is 13.1 Å². The van der Waals surface area contributed by atoms with Crippen LogP contribution in [-0.4, -0.2) is 26.7 Å². The normalized spacial score (nSPS) is 10.3. The zero-order valence-corrected chi connectivity index (χ0v) is 8.84. The molecule has 0 amide bonds. The minimum atomic E-state index is 0.520. The Kier molecular flexibility index (Phi) is 2.95. The van der Waals surface area contributed by atoms with Crippen LogP contribution in [-0.2, 0) is 6.42 Å². The van der Waals surface area contributed by atoms with Crippen LogP contribution in [0.4, 0.5) is 11.5 Å². The average molecular weight is 220 g/mol. The highest BCUT2D eigenvalue weighted by molar-refractivity contribution is 5.58. The van der Waals surface area contributed by atoms with Crippen LogP contribution in [0.15, 0.2) is 17.0 Å². The summed E-state index contributed by atoms with van der Waals surface area (Å²) in [6.45, 7) is 2.40. The van der Waals surface area contributed by atoms with Gasteiger partial charge in [0.25, 0.3) is 0 Å². The Morgan fingerprint density at radius 2 is 2.38 bits per heavy atom. The van der Waals surface area contributed by atoms with Crippen LogP contribution in [0.1, 0.15) is 11.7 Å². The lowest BCUT2D eigenvalue weighted by molar-refractivity contribution is 0.387. The fourth-order valence-electron chi connectivity index (χ4n) is 1.22. The van der Waals surface area contributed by atoms with E-state index in [1.807, 2.05) is 0 Å². The molecule has 2 rings (SSSR count). The highest BCUT2D eigenvalue weighted by atomic mass is 16.5. The van der Waals surface area contributed by atoms with Gasteiger partial charge in [0.1, 0.15) is 6.33 Å². The molecule has 0 fully saturated rings. The Bertz CT molecular complexity index is 469. The Balaban J connectivity index is 1.87. The Hall–Kier alpha value is -2.18. The van der Waals surface area contributed by atoms with Crippen LogP contribution in [0, 0.1) is 6.92 Å². The van der Waals surface area contributed by atoms with Gasteiger partial charge < -0.3 is 15.6 Å². The molecule has 0 spiro atoms. The first-order chi connectivity index (χ1) is 7.75. The third kappa shape index (κ3) is 2.44. The molecule has 0 unspecified atom stereocenters. The number of aryl methyl sites for hydroxylation is 1. The fraction of sp³-hybridized carbons (Fsp3) is 0.333. The molecule has 2 aromatic heterocycles. The first-order valence-electron chi connectivity index (χ1n) is 4.84. The second kappa shape index (κ2) is 4.56. The minimum absolute atomic E-state index is 0.520. The number of nitrogens with two attached hydrogens (primary N) is 1. The maximum absolute atomic E-state index is 5.67. The summed E-state index contributed by atoms with van der Waals surface area (Å²) in [5.74, 6) is 1.85. The minimum Gasteiger partial charge on any atom is -0.394 e. The van der Waals surface area contributed by atoms with Crippen LogP contribution in [0.25, 0.3) is 0 Å². The van der Waals surface area contributed by atoms with E-state index in [0.29, 0.717) is 36.2 Å². The lowest BCUT2D eigenvalue weighted by atomic mass is 10.4. The Morgan fingerprint density at radius 1 is 1.50 bits per heavy atom. The van der Waals surface area contributed by atoms with Crippen molar-refractivity contribution in [1.82, 2.24) is 20.1 Å². The molecule has 2 heterocycles. The smallest absolute Gasteiger partial charge is 0.223 e. The zero-order valence-electron chi connectivity index (χ0n) is 8.84. The highest BCUT2D eigenvalue weighted by Crippen LogP contribution is 2.10. The van der Waals surface area contributed by atoms with E-state index in [-0.39, 0.29) is 0 Å². The molecule has 2 aromatic rings. The second-order valence-electron chi connectivity index (χ2n) is 3.23. The monoisotopic (exact) mass is 220 g/mol. The lowest BCUT2D eigenvalue weighted by Gasteiger charge is -2.05. The number of hydrogen-bond donors (Lipinski definition) is 2. The number of nitrogens with zero attached hydrogens (tertiary/aromatic N) is 4. The van der Waals surface area contributed by atoms with Crippen molar-refractivity contribution < 1.29 is 4.52 Å². The van der Waals surface area contributed by atoms with Gasteiger partial charge in [-0.3, -0.25) is 0 Å². The van der Waals surface area contributed by atoms with E-state index in [0.717, 1.165) is 0 Å². The molecule has 7 heteroatoms. The molecule has 0 aromatic carbocycles. The first-order valence-corrected chi connectivity index (χ1v) is 4.84. The number of nitrogen functional groups attached to an aromatic ring is 1. The summed E-state index contributed by atoms with van der Waals surface area (Å²) < 4.78 is 4.85. The van der Waals surface area contributed by atoms with Gasteiger partial charge in [-0.05, 0) is 0 Å². The average Bonchev–Trinajstić information content (AvgIpc) is 2.67. The SMILES string of the molecule is Cc1nc(CCNc2ncncc2N)no1. The van der Waals surface area contributed by atoms with Crippen molar-refractivity contribution in [3.05, 3.63) is 24.2 Å². The topological polar surface area (TPSA) is 103 Å². The van der Waals surface area contributed by atoms with Crippen molar-refractivity contribution in [1.29, 1.82) is 0 Å². The van der Waals surface area contributed by atoms with Crippen molar-refractivity contribution >= 4 is 11.5 Å². The molecule has 84 valence electrons. The van der Waals surface area contributed by atoms with Crippen LogP contribution in [0.2, 0.25) is 0 Å². The Morgan fingerprint density at radius 3 is 3.06 bits per heavy atom. The molecule has 0 aliphatic rings. The molecule has 0 aliphatic heterocycles. The van der Waals surface area contributed by atoms with Gasteiger partial charge in [0, 0.05) is 19.9 Å². The summed E-state index contributed by atoms with van der Waals surface area (Å²) in [4.78, 5) is 11.9. The maximum Gasteiger partial charge on any atom is 0.223 e. The number of hydrogen-bond acceptors (Lipinski definition) is 7. The lowest BCUT2D eigenvalue weighted by Crippen LogP contribution is -2.09. The van der Waals surface area contributed by atoms with Gasteiger partial charge >= 0.3 is 0 Å². The number of rotatable bonds is 4. The van der Waals surface area contributed by atoms with E-state index < -0.39 is 0 Å². The van der Waals surface area contributed by atoms with Gasteiger partial charge in [0.05, 0.1) is 11.9 Å². The van der Waals surface area contributed by atoms with Gasteiger partial charge in [-0.15, -0.1) is 0 Å². The van der Waals surface area contributed by atoms with Gasteiger partial charge in [-0.25, -0.2) is 9.97 Å². The third-order valence-corrected chi connectivity index (χ3v) is 1.95. The van der Waals surface area contributed by atoms with Crippen LogP contribution >= 0.6 is 0 Å². The second-order valence-corrected chi connectivity index (χ2v) is 3.23. The zero-order chi connectivity index (χ0) is 11.4. The predicted molar refractivity (Wildman–Crippen MR) is 57.7 cm³/mol. The number of anilines is 2. The van der Waals surface area contributed by atoms with E-state index in [1.165, 1.54) is 6.33 Å². The summed E-state index contributed by atoms with van der Waals surface area (Å²) in [7, 11) is 0. The first kappa shape index (κ1) is 10.3. The molecular weight excluding hydrogens is 208 g/mol. The van der Waals surface area contributed by atoms with Gasteiger partial charge in [-0.1, -0.05) is 5.16 Å². The van der Waals surface area contributed by atoms with Gasteiger partial charge in [0.2, 0.25) is 5.89 Å². The molecule has 0 atom stereocenters. The third-order valence-electron chi connectivity index (χ3n) is 1.95. The molecule has 0 aliphatic carbocycles. The summed E-state index contributed by atoms with van der Waals surface area (Å²) >= 11 is 0. The molecule has 0 saturated heterocycles. The van der Waals surface area contributed by atoms with Crippen molar-refractivity contribution in [3.8, 4) is 0 Å². The van der Waals surface area contributed by atoms with Crippen molar-refractivity contribution in [2.45, 2.75) is 13.3 Å². The van der Waals surface area contributed by atoms with Crippen LogP contribution in [0.3, 0.4) is 0 Å². The van der Waals surface area contributed by atoms with Gasteiger partial charge in [-0.2, -0.15) is 4.98 Å². The summed E-state index contributed by atoms with van der Waals surface area (Å²) in [5.41, 5.74) is 6.19. The number of nitrogens with one attached hydrogen (secondary N) is 1. The molecule has 7 nitrogen and oxygen atoms in total. The van der Waals surface area contributed by atoms with E-state index >= 15 is 0 Å². The summed E-state index contributed by atoms with van der Waals surface area (Å²) in [6.07, 6.45) is 3.64. The van der Waals surface area contributed by atoms with Gasteiger partial charge in [0.15, 0.2) is 11.6 Å². The summed E-state index contributed by atoms with van der Waals surface area (Å²) in [6, 6.07) is 0. The van der Waals surface area contributed by atoms with Crippen molar-refractivity contribution in [2.24, 2.45) is 0 Å². The van der Waals surface area contributed by atoms with E-state index in [9.17, 15) is 0 Å². The van der Waals surface area contributed by atoms with Crippen molar-refractivity contribution in [2.75, 3.05) is 17.6 Å². The van der Waals surface area contributed by atoms with Crippen LogP contribution < -0.4 is 11.1 Å². The molecule has 16 heavy (non-hydrogen) atoms. The summed E-state index contributed by atoms with van der Waals surface area (Å²) in [5, 5.41) is 6.85. The molecule has 3 N–H and O–H groups in total. The fourth-order valence-corrected chi connectivity index (χ4v) is 1.22. The largest absolute Gasteiger partial charge is 0.394 e. The molecular formula is C9H12N6O. The van der Waals surface area contributed by atoms with E-state index in [2.05, 4.69) is 25.4 Å². The molecule has 0 saturated carbocycles. The molecule has 0 bridgehead atoms. The predicted octanol–water partition coefficient (Wildman–Crippen LogP) is 0.405. The quantitative estimate of drug-likeness (QED) is 0.768. The molecule has 0 radical (unpaired) electrons. The van der Waals surface area contributed by atoms with Crippen LogP contribution in [0.5, 0.6) is 0 Å².